The minimum Gasteiger partial charge on any atom is -0.488 e. The van der Waals surface area contributed by atoms with Crippen LogP contribution in [-0.2, 0) is 0 Å². The number of benzene rings is 1. The van der Waals surface area contributed by atoms with Gasteiger partial charge in [0.15, 0.2) is 0 Å². The zero-order chi connectivity index (χ0) is 10.1. The van der Waals surface area contributed by atoms with E-state index in [9.17, 15) is 4.39 Å². The average molecular weight is 195 g/mol. The van der Waals surface area contributed by atoms with E-state index in [0.717, 1.165) is 24.2 Å². The second-order valence-electron chi connectivity index (χ2n) is 3.65. The van der Waals surface area contributed by atoms with E-state index in [4.69, 9.17) is 10.5 Å². The number of rotatable bonds is 2. The van der Waals surface area contributed by atoms with Crippen LogP contribution in [0.1, 0.15) is 31.4 Å². The van der Waals surface area contributed by atoms with Gasteiger partial charge in [-0.2, -0.15) is 0 Å². The molecule has 2 nitrogen and oxygen atoms in total. The van der Waals surface area contributed by atoms with E-state index in [1.807, 2.05) is 0 Å². The van der Waals surface area contributed by atoms with Crippen LogP contribution >= 0.6 is 0 Å². The first kappa shape index (κ1) is 9.46. The van der Waals surface area contributed by atoms with Crippen molar-refractivity contribution in [3.8, 4) is 5.75 Å². The molecule has 0 aromatic heterocycles. The van der Waals surface area contributed by atoms with Crippen LogP contribution in [0.2, 0.25) is 0 Å². The molecule has 2 unspecified atom stereocenters. The van der Waals surface area contributed by atoms with Gasteiger partial charge in [0.25, 0.3) is 0 Å². The summed E-state index contributed by atoms with van der Waals surface area (Å²) in [7, 11) is 0. The molecule has 0 saturated heterocycles. The van der Waals surface area contributed by atoms with Gasteiger partial charge in [-0.3, -0.25) is 0 Å². The summed E-state index contributed by atoms with van der Waals surface area (Å²) in [6.07, 6.45) is 1.95. The second kappa shape index (κ2) is 3.58. The Bertz CT molecular complexity index is 340. The van der Waals surface area contributed by atoms with Gasteiger partial charge in [-0.15, -0.1) is 0 Å². The number of ether oxygens (including phenoxy) is 1. The molecule has 1 aromatic carbocycles. The lowest BCUT2D eigenvalue weighted by Gasteiger charge is -2.13. The van der Waals surface area contributed by atoms with Crippen molar-refractivity contribution >= 4 is 0 Å². The van der Waals surface area contributed by atoms with Crippen LogP contribution in [0.5, 0.6) is 5.75 Å². The van der Waals surface area contributed by atoms with Crippen LogP contribution in [0.3, 0.4) is 0 Å². The van der Waals surface area contributed by atoms with Crippen molar-refractivity contribution in [3.63, 3.8) is 0 Å². The monoisotopic (exact) mass is 195 g/mol. The highest BCUT2D eigenvalue weighted by Crippen LogP contribution is 2.36. The largest absolute Gasteiger partial charge is 0.488 e. The van der Waals surface area contributed by atoms with Gasteiger partial charge in [0.05, 0.1) is 6.04 Å². The van der Waals surface area contributed by atoms with Crippen molar-refractivity contribution in [1.82, 2.24) is 0 Å². The molecule has 3 heteroatoms. The fraction of sp³-hybridized carbons (Fsp3) is 0.455. The lowest BCUT2D eigenvalue weighted by Crippen LogP contribution is -2.24. The maximum atomic E-state index is 12.9. The molecule has 2 rings (SSSR count). The minimum atomic E-state index is -0.250. The standard InChI is InChI=1S/C11H14FNO/c1-2-3-10-11(13)8-6-7(12)4-5-9(8)14-10/h4-6,10-11H,2-3,13H2,1H3. The van der Waals surface area contributed by atoms with Gasteiger partial charge < -0.3 is 10.5 Å². The summed E-state index contributed by atoms with van der Waals surface area (Å²) in [4.78, 5) is 0. The van der Waals surface area contributed by atoms with Crippen LogP contribution in [-0.4, -0.2) is 6.10 Å². The number of hydrogen-bond donors (Lipinski definition) is 1. The molecule has 14 heavy (non-hydrogen) atoms. The predicted octanol–water partition coefficient (Wildman–Crippen LogP) is 2.39. The van der Waals surface area contributed by atoms with Crippen LogP contribution in [0.25, 0.3) is 0 Å². The molecule has 1 aliphatic heterocycles. The molecule has 2 atom stereocenters. The Morgan fingerprint density at radius 2 is 2.29 bits per heavy atom. The topological polar surface area (TPSA) is 35.2 Å². The van der Waals surface area contributed by atoms with Gasteiger partial charge in [0.1, 0.15) is 17.7 Å². The summed E-state index contributed by atoms with van der Waals surface area (Å²) in [6, 6.07) is 4.34. The quantitative estimate of drug-likeness (QED) is 0.786. The van der Waals surface area contributed by atoms with Crippen LogP contribution in [0.15, 0.2) is 18.2 Å². The van der Waals surface area contributed by atoms with Crippen molar-refractivity contribution in [3.05, 3.63) is 29.6 Å². The third-order valence-electron chi connectivity index (χ3n) is 2.58. The van der Waals surface area contributed by atoms with Gasteiger partial charge in [0.2, 0.25) is 0 Å². The molecule has 2 N–H and O–H groups in total. The number of nitrogens with two attached hydrogens (primary N) is 1. The highest BCUT2D eigenvalue weighted by Gasteiger charge is 2.30. The summed E-state index contributed by atoms with van der Waals surface area (Å²) in [5.41, 5.74) is 6.75. The molecule has 0 amide bonds. The van der Waals surface area contributed by atoms with Crippen molar-refractivity contribution in [2.45, 2.75) is 31.9 Å². The Balaban J connectivity index is 2.27. The van der Waals surface area contributed by atoms with E-state index in [2.05, 4.69) is 6.92 Å². The van der Waals surface area contributed by atoms with Gasteiger partial charge >= 0.3 is 0 Å². The van der Waals surface area contributed by atoms with Crippen LogP contribution in [0, 0.1) is 5.82 Å². The summed E-state index contributed by atoms with van der Waals surface area (Å²) in [5.74, 6) is 0.484. The predicted molar refractivity (Wildman–Crippen MR) is 52.7 cm³/mol. The highest BCUT2D eigenvalue weighted by molar-refractivity contribution is 5.40. The summed E-state index contributed by atoms with van der Waals surface area (Å²) < 4.78 is 18.6. The van der Waals surface area contributed by atoms with Crippen LogP contribution < -0.4 is 10.5 Å². The first-order valence-electron chi connectivity index (χ1n) is 4.94. The zero-order valence-electron chi connectivity index (χ0n) is 8.16. The third-order valence-corrected chi connectivity index (χ3v) is 2.58. The molecule has 76 valence electrons. The molecule has 0 bridgehead atoms. The van der Waals surface area contributed by atoms with Gasteiger partial charge in [-0.25, -0.2) is 4.39 Å². The Kier molecular flexibility index (Phi) is 2.42. The molecule has 0 radical (unpaired) electrons. The van der Waals surface area contributed by atoms with Crippen molar-refractivity contribution in [2.24, 2.45) is 5.73 Å². The van der Waals surface area contributed by atoms with Crippen molar-refractivity contribution in [2.75, 3.05) is 0 Å². The molecule has 0 spiro atoms. The molecular formula is C11H14FNO. The SMILES string of the molecule is CCCC1Oc2ccc(F)cc2C1N. The van der Waals surface area contributed by atoms with Crippen LogP contribution in [0.4, 0.5) is 4.39 Å². The molecular weight excluding hydrogens is 181 g/mol. The summed E-state index contributed by atoms with van der Waals surface area (Å²) >= 11 is 0. The first-order chi connectivity index (χ1) is 6.72. The van der Waals surface area contributed by atoms with E-state index < -0.39 is 0 Å². The molecule has 0 fully saturated rings. The van der Waals surface area contributed by atoms with E-state index in [1.165, 1.54) is 12.1 Å². The molecule has 0 aliphatic carbocycles. The smallest absolute Gasteiger partial charge is 0.124 e. The molecule has 1 aromatic rings. The van der Waals surface area contributed by atoms with Gasteiger partial charge in [-0.05, 0) is 24.6 Å². The fourth-order valence-corrected chi connectivity index (χ4v) is 1.85. The Morgan fingerprint density at radius 1 is 1.50 bits per heavy atom. The fourth-order valence-electron chi connectivity index (χ4n) is 1.85. The zero-order valence-corrected chi connectivity index (χ0v) is 8.16. The second-order valence-corrected chi connectivity index (χ2v) is 3.65. The normalized spacial score (nSPS) is 24.5. The van der Waals surface area contributed by atoms with Crippen molar-refractivity contribution < 1.29 is 9.13 Å². The minimum absolute atomic E-state index is 0.0109. The first-order valence-corrected chi connectivity index (χ1v) is 4.94. The van der Waals surface area contributed by atoms with Gasteiger partial charge in [0, 0.05) is 5.56 Å². The lowest BCUT2D eigenvalue weighted by atomic mass is 10.0. The highest BCUT2D eigenvalue weighted by atomic mass is 19.1. The third kappa shape index (κ3) is 1.48. The van der Waals surface area contributed by atoms with E-state index in [0.29, 0.717) is 0 Å². The van der Waals surface area contributed by atoms with Crippen molar-refractivity contribution in [1.29, 1.82) is 0 Å². The maximum absolute atomic E-state index is 12.9. The Hall–Kier alpha value is -1.09. The Labute approximate surface area is 82.9 Å². The molecule has 1 aliphatic rings. The number of hydrogen-bond acceptors (Lipinski definition) is 2. The lowest BCUT2D eigenvalue weighted by molar-refractivity contribution is 0.195. The van der Waals surface area contributed by atoms with E-state index in [1.54, 1.807) is 6.07 Å². The van der Waals surface area contributed by atoms with E-state index >= 15 is 0 Å². The number of fused-ring (bicyclic) bond motifs is 1. The summed E-state index contributed by atoms with van der Waals surface area (Å²) in [6.45, 7) is 2.08. The number of halogens is 1. The van der Waals surface area contributed by atoms with Gasteiger partial charge in [-0.1, -0.05) is 13.3 Å². The Morgan fingerprint density at radius 3 is 3.00 bits per heavy atom. The summed E-state index contributed by atoms with van der Waals surface area (Å²) in [5, 5.41) is 0. The van der Waals surface area contributed by atoms with E-state index in [-0.39, 0.29) is 18.0 Å². The maximum Gasteiger partial charge on any atom is 0.124 e. The molecule has 1 heterocycles. The molecule has 0 saturated carbocycles. The average Bonchev–Trinajstić information content (AvgIpc) is 2.46.